The molecule has 0 saturated carbocycles. The average molecular weight is 372 g/mol. The molecule has 2 unspecified atom stereocenters. The Balaban J connectivity index is 0.000000460. The summed E-state index contributed by atoms with van der Waals surface area (Å²) in [6.45, 7) is 14.5. The molecule has 2 atom stereocenters. The molecule has 6 nitrogen and oxygen atoms in total. The molecule has 2 aromatic rings. The highest BCUT2D eigenvalue weighted by atomic mass is 16.5. The van der Waals surface area contributed by atoms with Crippen molar-refractivity contribution in [2.75, 3.05) is 7.11 Å². The summed E-state index contributed by atoms with van der Waals surface area (Å²) in [6.07, 6.45) is 7.22. The van der Waals surface area contributed by atoms with Gasteiger partial charge in [0.25, 0.3) is 0 Å². The van der Waals surface area contributed by atoms with Gasteiger partial charge in [0.1, 0.15) is 12.4 Å². The quantitative estimate of drug-likeness (QED) is 0.718. The summed E-state index contributed by atoms with van der Waals surface area (Å²) in [4.78, 5) is 16.0. The van der Waals surface area contributed by atoms with Gasteiger partial charge in [-0.05, 0) is 37.2 Å². The lowest BCUT2D eigenvalue weighted by atomic mass is 9.99. The molecule has 6 heteroatoms. The molecule has 0 aliphatic heterocycles. The fourth-order valence-electron chi connectivity index (χ4n) is 2.29. The lowest BCUT2D eigenvalue weighted by Crippen LogP contribution is -2.01. The molecule has 2 rings (SSSR count). The van der Waals surface area contributed by atoms with Gasteiger partial charge in [0.05, 0.1) is 7.11 Å². The molecule has 148 valence electrons. The van der Waals surface area contributed by atoms with E-state index in [2.05, 4.69) is 47.6 Å². The minimum Gasteiger partial charge on any atom is -0.481 e. The molecule has 0 spiro atoms. The first-order valence-corrected chi connectivity index (χ1v) is 9.55. The normalized spacial score (nSPS) is 11.7. The van der Waals surface area contributed by atoms with Crippen molar-refractivity contribution in [1.82, 2.24) is 19.9 Å². The summed E-state index contributed by atoms with van der Waals surface area (Å²) in [5.74, 6) is 1.87. The van der Waals surface area contributed by atoms with Crippen molar-refractivity contribution in [2.45, 2.75) is 73.1 Å². The Hall–Kier alpha value is -2.55. The van der Waals surface area contributed by atoms with Gasteiger partial charge in [-0.2, -0.15) is 5.26 Å². The number of ether oxygens (including phenoxy) is 1. The summed E-state index contributed by atoms with van der Waals surface area (Å²) < 4.78 is 5.12. The maximum atomic E-state index is 8.57. The highest BCUT2D eigenvalue weighted by molar-refractivity contribution is 5.25. The van der Waals surface area contributed by atoms with E-state index in [9.17, 15) is 0 Å². The largest absolute Gasteiger partial charge is 0.481 e. The van der Waals surface area contributed by atoms with Gasteiger partial charge < -0.3 is 4.74 Å². The highest BCUT2D eigenvalue weighted by Crippen LogP contribution is 2.24. The van der Waals surface area contributed by atoms with Crippen LogP contribution in [0.4, 0.5) is 0 Å². The molecular formula is C21H33N5O. The van der Waals surface area contributed by atoms with E-state index in [1.165, 1.54) is 6.33 Å². The van der Waals surface area contributed by atoms with Crippen molar-refractivity contribution in [1.29, 1.82) is 5.26 Å². The molecular weight excluding hydrogens is 338 g/mol. The first-order chi connectivity index (χ1) is 13.0. The van der Waals surface area contributed by atoms with Crippen LogP contribution in [0.25, 0.3) is 0 Å². The Labute approximate surface area is 164 Å². The lowest BCUT2D eigenvalue weighted by Gasteiger charge is -2.10. The van der Waals surface area contributed by atoms with Crippen molar-refractivity contribution < 1.29 is 4.74 Å². The Bertz CT molecular complexity index is 712. The van der Waals surface area contributed by atoms with Crippen molar-refractivity contribution in [3.05, 3.63) is 41.4 Å². The first-order valence-electron chi connectivity index (χ1n) is 9.55. The maximum absolute atomic E-state index is 8.57. The number of nitrogens with zero attached hydrogens (tertiary/aromatic N) is 5. The number of hydrogen-bond donors (Lipinski definition) is 0. The number of methoxy groups -OCH3 is 1. The average Bonchev–Trinajstić information content (AvgIpc) is 2.74. The number of nitriles is 1. The Morgan fingerprint density at radius 1 is 1.04 bits per heavy atom. The van der Waals surface area contributed by atoms with Gasteiger partial charge in [0, 0.05) is 23.7 Å². The summed E-state index contributed by atoms with van der Waals surface area (Å²) in [5.41, 5.74) is 3.14. The number of hydrogen-bond acceptors (Lipinski definition) is 6. The molecule has 0 N–H and O–H groups in total. The molecule has 0 aromatic carbocycles. The lowest BCUT2D eigenvalue weighted by molar-refractivity contribution is 0.387. The van der Waals surface area contributed by atoms with Crippen LogP contribution in [0.3, 0.4) is 0 Å². The molecule has 0 amide bonds. The molecule has 0 bridgehead atoms. The summed E-state index contributed by atoms with van der Waals surface area (Å²) in [5, 5.41) is 8.57. The van der Waals surface area contributed by atoms with Crippen LogP contribution < -0.4 is 4.74 Å². The molecule has 0 aliphatic rings. The molecule has 0 radical (unpaired) electrons. The first kappa shape index (κ1) is 24.5. The van der Waals surface area contributed by atoms with Crippen LogP contribution in [0.15, 0.2) is 18.7 Å². The zero-order valence-corrected chi connectivity index (χ0v) is 17.9. The predicted octanol–water partition coefficient (Wildman–Crippen LogP) is 5.20. The van der Waals surface area contributed by atoms with Gasteiger partial charge in [-0.3, -0.25) is 0 Å². The number of aromatic nitrogens is 4. The maximum Gasteiger partial charge on any atom is 0.232 e. The Morgan fingerprint density at radius 2 is 1.63 bits per heavy atom. The zero-order chi connectivity index (χ0) is 20.8. The summed E-state index contributed by atoms with van der Waals surface area (Å²) in [7, 11) is 1.63. The van der Waals surface area contributed by atoms with E-state index in [0.29, 0.717) is 17.7 Å². The van der Waals surface area contributed by atoms with Crippen LogP contribution in [-0.2, 0) is 0 Å². The van der Waals surface area contributed by atoms with E-state index in [1.807, 2.05) is 33.0 Å². The van der Waals surface area contributed by atoms with E-state index in [0.717, 1.165) is 29.7 Å². The molecule has 0 saturated heterocycles. The minimum atomic E-state index is 0.254. The zero-order valence-electron chi connectivity index (χ0n) is 17.9. The summed E-state index contributed by atoms with van der Waals surface area (Å²) in [6, 6.07) is 1.93. The fourth-order valence-corrected chi connectivity index (χ4v) is 2.29. The van der Waals surface area contributed by atoms with Crippen LogP contribution in [0.5, 0.6) is 5.88 Å². The van der Waals surface area contributed by atoms with E-state index >= 15 is 0 Å². The molecule has 0 aliphatic carbocycles. The molecule has 2 heterocycles. The van der Waals surface area contributed by atoms with Crippen molar-refractivity contribution in [2.24, 2.45) is 0 Å². The van der Waals surface area contributed by atoms with E-state index in [-0.39, 0.29) is 5.82 Å². The van der Waals surface area contributed by atoms with E-state index in [1.54, 1.807) is 13.3 Å². The summed E-state index contributed by atoms with van der Waals surface area (Å²) >= 11 is 0. The van der Waals surface area contributed by atoms with Gasteiger partial charge >= 0.3 is 0 Å². The highest BCUT2D eigenvalue weighted by Gasteiger charge is 2.10. The molecule has 27 heavy (non-hydrogen) atoms. The Kier molecular flexibility index (Phi) is 12.3. The number of aryl methyl sites for hydroxylation is 1. The van der Waals surface area contributed by atoms with Gasteiger partial charge in [-0.25, -0.2) is 19.9 Å². The topological polar surface area (TPSA) is 84.6 Å². The second kappa shape index (κ2) is 13.6. The predicted molar refractivity (Wildman–Crippen MR) is 109 cm³/mol. The smallest absolute Gasteiger partial charge is 0.232 e. The Morgan fingerprint density at radius 3 is 2.11 bits per heavy atom. The van der Waals surface area contributed by atoms with Gasteiger partial charge in [0.15, 0.2) is 0 Å². The third-order valence-electron chi connectivity index (χ3n) is 4.30. The monoisotopic (exact) mass is 371 g/mol. The standard InChI is InChI=1S/C10H13N3.C9H14N2O.C2H6/c1-4-7(2)9-6-12-10(5-11)13-8(9)3;1-4-7(2)8-5-10-6-11-9(8)12-3;1-2/h6-7H,4H2,1-3H3;5-7H,4H2,1-3H3;1-2H3. The van der Waals surface area contributed by atoms with E-state index < -0.39 is 0 Å². The van der Waals surface area contributed by atoms with Crippen LogP contribution in [0.1, 0.15) is 88.9 Å². The third-order valence-corrected chi connectivity index (χ3v) is 4.30. The number of rotatable bonds is 5. The van der Waals surface area contributed by atoms with Crippen molar-refractivity contribution >= 4 is 0 Å². The second-order valence-corrected chi connectivity index (χ2v) is 5.95. The second-order valence-electron chi connectivity index (χ2n) is 5.95. The third kappa shape index (κ3) is 7.69. The minimum absolute atomic E-state index is 0.254. The van der Waals surface area contributed by atoms with Crippen LogP contribution >= 0.6 is 0 Å². The molecule has 0 fully saturated rings. The van der Waals surface area contributed by atoms with E-state index in [4.69, 9.17) is 10.00 Å². The molecule has 2 aromatic heterocycles. The van der Waals surface area contributed by atoms with Crippen LogP contribution in [0, 0.1) is 18.3 Å². The van der Waals surface area contributed by atoms with Crippen LogP contribution in [-0.4, -0.2) is 27.0 Å². The fraction of sp³-hybridized carbons (Fsp3) is 0.571. The van der Waals surface area contributed by atoms with Gasteiger partial charge in [0.2, 0.25) is 11.7 Å². The SMILES string of the molecule is CC.CCC(C)c1cnc(C#N)nc1C.CCC(C)c1cncnc1OC. The van der Waals surface area contributed by atoms with Crippen LogP contribution in [0.2, 0.25) is 0 Å². The van der Waals surface area contributed by atoms with Gasteiger partial charge in [-0.1, -0.05) is 41.5 Å². The van der Waals surface area contributed by atoms with Gasteiger partial charge in [-0.15, -0.1) is 0 Å². The van der Waals surface area contributed by atoms with Crippen molar-refractivity contribution in [3.63, 3.8) is 0 Å². The van der Waals surface area contributed by atoms with Crippen molar-refractivity contribution in [3.8, 4) is 11.9 Å².